The van der Waals surface area contributed by atoms with Crippen LogP contribution in [0.25, 0.3) is 0 Å². The van der Waals surface area contributed by atoms with Gasteiger partial charge in [0.25, 0.3) is 0 Å². The number of unbranched alkanes of at least 4 members (excludes halogenated alkanes) is 1. The summed E-state index contributed by atoms with van der Waals surface area (Å²) in [7, 11) is 0. The number of nitrogens with one attached hydrogen (secondary N) is 1. The largest absolute Gasteiger partial charge is 0.478 e. The lowest BCUT2D eigenvalue weighted by atomic mass is 10.2. The molecule has 1 aromatic carbocycles. The first-order chi connectivity index (χ1) is 7.15. The van der Waals surface area contributed by atoms with E-state index in [0.717, 1.165) is 25.1 Å². The van der Waals surface area contributed by atoms with E-state index in [-0.39, 0.29) is 10.6 Å². The number of carboxylic acid groups (broad SMARTS) is 1. The third-order valence-electron chi connectivity index (χ3n) is 2.06. The summed E-state index contributed by atoms with van der Waals surface area (Å²) in [5.74, 6) is -1.000. The van der Waals surface area contributed by atoms with E-state index in [1.165, 1.54) is 6.07 Å². The average Bonchev–Trinajstić information content (AvgIpc) is 2.17. The predicted molar refractivity (Wildman–Crippen MR) is 61.8 cm³/mol. The second-order valence-electron chi connectivity index (χ2n) is 3.28. The zero-order valence-corrected chi connectivity index (χ0v) is 9.34. The Morgan fingerprint density at radius 1 is 1.53 bits per heavy atom. The van der Waals surface area contributed by atoms with E-state index in [1.54, 1.807) is 12.1 Å². The van der Waals surface area contributed by atoms with Gasteiger partial charge < -0.3 is 10.4 Å². The van der Waals surface area contributed by atoms with E-state index in [9.17, 15) is 4.79 Å². The summed E-state index contributed by atoms with van der Waals surface area (Å²) in [6, 6.07) is 4.88. The zero-order valence-electron chi connectivity index (χ0n) is 8.59. The minimum atomic E-state index is -1.000. The normalized spacial score (nSPS) is 10.0. The van der Waals surface area contributed by atoms with E-state index in [1.807, 2.05) is 0 Å². The molecular weight excluding hydrogens is 214 g/mol. The summed E-state index contributed by atoms with van der Waals surface area (Å²) < 4.78 is 0. The van der Waals surface area contributed by atoms with Crippen molar-refractivity contribution >= 4 is 23.3 Å². The lowest BCUT2D eigenvalue weighted by molar-refractivity contribution is 0.0697. The Morgan fingerprint density at radius 3 is 2.80 bits per heavy atom. The molecule has 4 heteroatoms. The van der Waals surface area contributed by atoms with Crippen LogP contribution in [0.15, 0.2) is 18.2 Å². The van der Waals surface area contributed by atoms with E-state index in [0.29, 0.717) is 0 Å². The van der Waals surface area contributed by atoms with Crippen molar-refractivity contribution in [3.05, 3.63) is 28.8 Å². The molecule has 0 saturated heterocycles. The van der Waals surface area contributed by atoms with Gasteiger partial charge in [-0.1, -0.05) is 24.9 Å². The molecular formula is C11H14ClNO2. The lowest BCUT2D eigenvalue weighted by Crippen LogP contribution is -2.02. The smallest absolute Gasteiger partial charge is 0.337 e. The molecule has 0 bridgehead atoms. The van der Waals surface area contributed by atoms with Crippen molar-refractivity contribution in [2.45, 2.75) is 19.8 Å². The second kappa shape index (κ2) is 5.61. The summed E-state index contributed by atoms with van der Waals surface area (Å²) in [5, 5.41) is 12.2. The molecule has 0 aromatic heterocycles. The third kappa shape index (κ3) is 3.44. The zero-order chi connectivity index (χ0) is 11.3. The molecule has 0 amide bonds. The number of hydrogen-bond donors (Lipinski definition) is 2. The number of carbonyl (C=O) groups is 1. The number of carboxylic acids is 1. The van der Waals surface area contributed by atoms with Gasteiger partial charge in [-0.3, -0.25) is 0 Å². The number of rotatable bonds is 5. The Labute approximate surface area is 94.1 Å². The molecule has 1 aromatic rings. The van der Waals surface area contributed by atoms with Gasteiger partial charge >= 0.3 is 5.97 Å². The summed E-state index contributed by atoms with van der Waals surface area (Å²) in [5.41, 5.74) is 0.996. The quantitative estimate of drug-likeness (QED) is 0.760. The molecule has 0 aliphatic carbocycles. The Hall–Kier alpha value is -1.22. The average molecular weight is 228 g/mol. The minimum Gasteiger partial charge on any atom is -0.478 e. The number of aromatic carboxylic acids is 1. The van der Waals surface area contributed by atoms with Crippen molar-refractivity contribution in [3.63, 3.8) is 0 Å². The van der Waals surface area contributed by atoms with Crippen molar-refractivity contribution in [2.24, 2.45) is 0 Å². The van der Waals surface area contributed by atoms with Crippen molar-refractivity contribution in [3.8, 4) is 0 Å². The van der Waals surface area contributed by atoms with Crippen LogP contribution >= 0.6 is 11.6 Å². The molecule has 15 heavy (non-hydrogen) atoms. The molecule has 0 aliphatic rings. The standard InChI is InChI=1S/C11H14ClNO2/c1-2-3-6-13-8-4-5-9(11(14)15)10(12)7-8/h4-5,7,13H,2-3,6H2,1H3,(H,14,15). The Bertz CT molecular complexity index is 352. The Morgan fingerprint density at radius 2 is 2.27 bits per heavy atom. The lowest BCUT2D eigenvalue weighted by Gasteiger charge is -2.06. The molecule has 0 heterocycles. The fraction of sp³-hybridized carbons (Fsp3) is 0.364. The highest BCUT2D eigenvalue weighted by Crippen LogP contribution is 2.20. The molecule has 0 spiro atoms. The highest BCUT2D eigenvalue weighted by molar-refractivity contribution is 6.33. The first-order valence-corrected chi connectivity index (χ1v) is 5.29. The number of anilines is 1. The van der Waals surface area contributed by atoms with Crippen molar-refractivity contribution in [1.29, 1.82) is 0 Å². The number of hydrogen-bond acceptors (Lipinski definition) is 2. The number of benzene rings is 1. The monoisotopic (exact) mass is 227 g/mol. The molecule has 0 aliphatic heterocycles. The number of halogens is 1. The van der Waals surface area contributed by atoms with E-state index in [2.05, 4.69) is 12.2 Å². The van der Waals surface area contributed by atoms with Gasteiger partial charge in [-0.05, 0) is 24.6 Å². The molecule has 82 valence electrons. The summed E-state index contributed by atoms with van der Waals surface area (Å²) in [6.45, 7) is 2.99. The van der Waals surface area contributed by atoms with Crippen LogP contribution in [-0.2, 0) is 0 Å². The van der Waals surface area contributed by atoms with Crippen LogP contribution in [-0.4, -0.2) is 17.6 Å². The van der Waals surface area contributed by atoms with Gasteiger partial charge in [-0.15, -0.1) is 0 Å². The highest BCUT2D eigenvalue weighted by atomic mass is 35.5. The summed E-state index contributed by atoms with van der Waals surface area (Å²) in [6.07, 6.45) is 2.20. The summed E-state index contributed by atoms with van der Waals surface area (Å²) >= 11 is 5.82. The Balaban J connectivity index is 2.69. The maximum Gasteiger partial charge on any atom is 0.337 e. The van der Waals surface area contributed by atoms with Crippen molar-refractivity contribution in [2.75, 3.05) is 11.9 Å². The maximum atomic E-state index is 10.7. The fourth-order valence-corrected chi connectivity index (χ4v) is 1.47. The summed E-state index contributed by atoms with van der Waals surface area (Å²) in [4.78, 5) is 10.7. The first kappa shape index (κ1) is 11.9. The molecule has 1 rings (SSSR count). The van der Waals surface area contributed by atoms with Crippen LogP contribution < -0.4 is 5.32 Å². The van der Waals surface area contributed by atoms with Crippen LogP contribution in [0, 0.1) is 0 Å². The van der Waals surface area contributed by atoms with E-state index >= 15 is 0 Å². The van der Waals surface area contributed by atoms with Gasteiger partial charge in [-0.2, -0.15) is 0 Å². The van der Waals surface area contributed by atoms with Crippen LogP contribution in [0.4, 0.5) is 5.69 Å². The van der Waals surface area contributed by atoms with Crippen LogP contribution in [0.3, 0.4) is 0 Å². The van der Waals surface area contributed by atoms with E-state index in [4.69, 9.17) is 16.7 Å². The fourth-order valence-electron chi connectivity index (χ4n) is 1.21. The second-order valence-corrected chi connectivity index (χ2v) is 3.69. The minimum absolute atomic E-state index is 0.137. The van der Waals surface area contributed by atoms with Gasteiger partial charge in [-0.25, -0.2) is 4.79 Å². The molecule has 0 unspecified atom stereocenters. The highest BCUT2D eigenvalue weighted by Gasteiger charge is 2.08. The van der Waals surface area contributed by atoms with Crippen LogP contribution in [0.1, 0.15) is 30.1 Å². The molecule has 3 nitrogen and oxygen atoms in total. The molecule has 0 fully saturated rings. The van der Waals surface area contributed by atoms with Gasteiger partial charge in [0.1, 0.15) is 0 Å². The van der Waals surface area contributed by atoms with Gasteiger partial charge in [0, 0.05) is 12.2 Å². The third-order valence-corrected chi connectivity index (χ3v) is 2.37. The van der Waals surface area contributed by atoms with Gasteiger partial charge in [0.2, 0.25) is 0 Å². The SMILES string of the molecule is CCCCNc1ccc(C(=O)O)c(Cl)c1. The van der Waals surface area contributed by atoms with Crippen molar-refractivity contribution in [1.82, 2.24) is 0 Å². The Kier molecular flexibility index (Phi) is 4.43. The van der Waals surface area contributed by atoms with E-state index < -0.39 is 5.97 Å². The van der Waals surface area contributed by atoms with Crippen LogP contribution in [0.5, 0.6) is 0 Å². The maximum absolute atomic E-state index is 10.7. The molecule has 0 atom stereocenters. The van der Waals surface area contributed by atoms with Crippen molar-refractivity contribution < 1.29 is 9.90 Å². The van der Waals surface area contributed by atoms with Crippen LogP contribution in [0.2, 0.25) is 5.02 Å². The molecule has 0 saturated carbocycles. The topological polar surface area (TPSA) is 49.3 Å². The van der Waals surface area contributed by atoms with Gasteiger partial charge in [0.15, 0.2) is 0 Å². The molecule has 0 radical (unpaired) electrons. The first-order valence-electron chi connectivity index (χ1n) is 4.92. The van der Waals surface area contributed by atoms with Gasteiger partial charge in [0.05, 0.1) is 10.6 Å². The molecule has 2 N–H and O–H groups in total. The predicted octanol–water partition coefficient (Wildman–Crippen LogP) is 3.25.